The minimum atomic E-state index is 0.0527. The van der Waals surface area contributed by atoms with Crippen molar-refractivity contribution in [1.82, 2.24) is 10.2 Å². The van der Waals surface area contributed by atoms with E-state index in [2.05, 4.69) is 36.5 Å². The first-order valence-electron chi connectivity index (χ1n) is 7.96. The fourth-order valence-corrected chi connectivity index (χ4v) is 3.24. The summed E-state index contributed by atoms with van der Waals surface area (Å²) < 4.78 is 5.75. The van der Waals surface area contributed by atoms with Crippen LogP contribution < -0.4 is 5.32 Å². The van der Waals surface area contributed by atoms with Crippen LogP contribution in [-0.4, -0.2) is 42.8 Å². The number of urea groups is 1. The average molecular weight is 288 g/mol. The number of rotatable bonds is 4. The summed E-state index contributed by atoms with van der Waals surface area (Å²) >= 11 is 0. The maximum absolute atomic E-state index is 12.2. The topological polar surface area (TPSA) is 41.6 Å². The van der Waals surface area contributed by atoms with E-state index in [1.807, 2.05) is 11.0 Å². The van der Waals surface area contributed by atoms with Gasteiger partial charge >= 0.3 is 6.03 Å². The molecule has 0 bridgehead atoms. The minimum absolute atomic E-state index is 0.0527. The molecular formula is C17H24N2O2. The molecule has 2 amide bonds. The number of carbonyl (C=O) groups is 1. The van der Waals surface area contributed by atoms with Gasteiger partial charge in [0, 0.05) is 25.6 Å². The number of hydrogen-bond donors (Lipinski definition) is 1. The number of ether oxygens (including phenoxy) is 1. The highest BCUT2D eigenvalue weighted by Gasteiger charge is 2.34. The van der Waals surface area contributed by atoms with Crippen LogP contribution in [0.2, 0.25) is 0 Å². The van der Waals surface area contributed by atoms with Crippen LogP contribution >= 0.6 is 0 Å². The third kappa shape index (κ3) is 3.38. The molecule has 1 aromatic carbocycles. The van der Waals surface area contributed by atoms with E-state index in [-0.39, 0.29) is 18.2 Å². The number of carbonyl (C=O) groups excluding carboxylic acids is 1. The SMILES string of the molecule is C[C@@H](c1ccccc1)C1CN(CC2CCCCO2)C(=O)N1. The zero-order valence-electron chi connectivity index (χ0n) is 12.6. The van der Waals surface area contributed by atoms with Gasteiger partial charge in [0.15, 0.2) is 0 Å². The van der Waals surface area contributed by atoms with Crippen molar-refractivity contribution in [3.8, 4) is 0 Å². The third-order valence-electron chi connectivity index (χ3n) is 4.64. The summed E-state index contributed by atoms with van der Waals surface area (Å²) in [4.78, 5) is 14.1. The Labute approximate surface area is 126 Å². The lowest BCUT2D eigenvalue weighted by Gasteiger charge is -2.27. The monoisotopic (exact) mass is 288 g/mol. The Morgan fingerprint density at radius 1 is 1.33 bits per heavy atom. The number of hydrogen-bond acceptors (Lipinski definition) is 2. The van der Waals surface area contributed by atoms with E-state index in [0.717, 1.165) is 32.5 Å². The summed E-state index contributed by atoms with van der Waals surface area (Å²) in [5, 5.41) is 3.12. The number of nitrogens with one attached hydrogen (secondary N) is 1. The van der Waals surface area contributed by atoms with Crippen LogP contribution in [0.1, 0.15) is 37.7 Å². The second-order valence-electron chi connectivity index (χ2n) is 6.15. The first kappa shape index (κ1) is 14.4. The number of nitrogens with zero attached hydrogens (tertiary/aromatic N) is 1. The summed E-state index contributed by atoms with van der Waals surface area (Å²) in [5.41, 5.74) is 1.28. The molecule has 2 fully saturated rings. The van der Waals surface area contributed by atoms with E-state index in [0.29, 0.717) is 5.92 Å². The van der Waals surface area contributed by atoms with Gasteiger partial charge in [0.25, 0.3) is 0 Å². The van der Waals surface area contributed by atoms with Crippen molar-refractivity contribution in [1.29, 1.82) is 0 Å². The number of benzene rings is 1. The Balaban J connectivity index is 1.59. The molecule has 21 heavy (non-hydrogen) atoms. The van der Waals surface area contributed by atoms with Gasteiger partial charge in [0.1, 0.15) is 0 Å². The second kappa shape index (κ2) is 6.48. The molecule has 2 aliphatic rings. The standard InChI is InChI=1S/C17H24N2O2/c1-13(14-7-3-2-4-8-14)16-12-19(17(20)18-16)11-15-9-5-6-10-21-15/h2-4,7-8,13,15-16H,5-6,9-12H2,1H3,(H,18,20)/t13-,15?,16?/m0/s1. The Hall–Kier alpha value is -1.55. The molecule has 0 radical (unpaired) electrons. The van der Waals surface area contributed by atoms with Crippen molar-refractivity contribution in [2.24, 2.45) is 0 Å². The van der Waals surface area contributed by atoms with Crippen molar-refractivity contribution >= 4 is 6.03 Å². The normalized spacial score (nSPS) is 27.5. The van der Waals surface area contributed by atoms with Crippen molar-refractivity contribution in [3.63, 3.8) is 0 Å². The summed E-state index contributed by atoms with van der Waals surface area (Å²) in [6.07, 6.45) is 3.65. The average Bonchev–Trinajstić information content (AvgIpc) is 2.89. The first-order chi connectivity index (χ1) is 10.2. The Morgan fingerprint density at radius 2 is 2.14 bits per heavy atom. The van der Waals surface area contributed by atoms with Gasteiger partial charge in [-0.05, 0) is 24.8 Å². The lowest BCUT2D eigenvalue weighted by molar-refractivity contribution is 0.00285. The molecule has 0 aliphatic carbocycles. The van der Waals surface area contributed by atoms with Gasteiger partial charge in [-0.15, -0.1) is 0 Å². The van der Waals surface area contributed by atoms with Gasteiger partial charge in [-0.1, -0.05) is 37.3 Å². The van der Waals surface area contributed by atoms with Gasteiger partial charge in [0.05, 0.1) is 12.1 Å². The molecule has 114 valence electrons. The maximum Gasteiger partial charge on any atom is 0.317 e. The van der Waals surface area contributed by atoms with Crippen LogP contribution in [0.4, 0.5) is 4.79 Å². The Kier molecular flexibility index (Phi) is 4.44. The smallest absolute Gasteiger partial charge is 0.317 e. The molecule has 4 nitrogen and oxygen atoms in total. The molecule has 3 rings (SSSR count). The quantitative estimate of drug-likeness (QED) is 0.925. The molecule has 1 N–H and O–H groups in total. The van der Waals surface area contributed by atoms with Crippen LogP contribution in [-0.2, 0) is 4.74 Å². The molecule has 3 atom stereocenters. The molecule has 2 unspecified atom stereocenters. The summed E-state index contributed by atoms with van der Waals surface area (Å²) in [6.45, 7) is 4.52. The summed E-state index contributed by atoms with van der Waals surface area (Å²) in [5.74, 6) is 0.326. The third-order valence-corrected chi connectivity index (χ3v) is 4.64. The summed E-state index contributed by atoms with van der Waals surface area (Å²) in [7, 11) is 0. The second-order valence-corrected chi connectivity index (χ2v) is 6.15. The lowest BCUT2D eigenvalue weighted by Crippen LogP contribution is -2.37. The van der Waals surface area contributed by atoms with Crippen LogP contribution in [0.5, 0.6) is 0 Å². The molecular weight excluding hydrogens is 264 g/mol. The molecule has 0 aromatic heterocycles. The zero-order chi connectivity index (χ0) is 14.7. The van der Waals surface area contributed by atoms with Gasteiger partial charge in [-0.25, -0.2) is 4.79 Å². The Bertz CT molecular complexity index is 471. The van der Waals surface area contributed by atoms with Crippen molar-refractivity contribution in [2.45, 2.75) is 44.2 Å². The molecule has 0 saturated carbocycles. The van der Waals surface area contributed by atoms with Crippen LogP contribution in [0, 0.1) is 0 Å². The molecule has 4 heteroatoms. The van der Waals surface area contributed by atoms with Gasteiger partial charge in [-0.3, -0.25) is 0 Å². The predicted molar refractivity (Wildman–Crippen MR) is 82.3 cm³/mol. The van der Waals surface area contributed by atoms with Gasteiger partial charge in [0.2, 0.25) is 0 Å². The van der Waals surface area contributed by atoms with E-state index in [1.165, 1.54) is 12.0 Å². The van der Waals surface area contributed by atoms with Crippen LogP contribution in [0.3, 0.4) is 0 Å². The highest BCUT2D eigenvalue weighted by molar-refractivity contribution is 5.77. The van der Waals surface area contributed by atoms with E-state index < -0.39 is 0 Å². The molecule has 2 heterocycles. The molecule has 1 aromatic rings. The fourth-order valence-electron chi connectivity index (χ4n) is 3.24. The van der Waals surface area contributed by atoms with Crippen molar-refractivity contribution in [2.75, 3.05) is 19.7 Å². The van der Waals surface area contributed by atoms with Crippen LogP contribution in [0.25, 0.3) is 0 Å². The number of amides is 2. The van der Waals surface area contributed by atoms with Crippen molar-refractivity contribution < 1.29 is 9.53 Å². The fraction of sp³-hybridized carbons (Fsp3) is 0.588. The highest BCUT2D eigenvalue weighted by atomic mass is 16.5. The molecule has 2 saturated heterocycles. The zero-order valence-corrected chi connectivity index (χ0v) is 12.6. The minimum Gasteiger partial charge on any atom is -0.376 e. The van der Waals surface area contributed by atoms with E-state index in [4.69, 9.17) is 4.74 Å². The maximum atomic E-state index is 12.2. The van der Waals surface area contributed by atoms with Crippen LogP contribution in [0.15, 0.2) is 30.3 Å². The van der Waals surface area contributed by atoms with Gasteiger partial charge in [-0.2, -0.15) is 0 Å². The molecule has 2 aliphatic heterocycles. The lowest BCUT2D eigenvalue weighted by atomic mass is 9.94. The van der Waals surface area contributed by atoms with E-state index in [1.54, 1.807) is 0 Å². The van der Waals surface area contributed by atoms with E-state index >= 15 is 0 Å². The first-order valence-corrected chi connectivity index (χ1v) is 7.96. The molecule has 0 spiro atoms. The Morgan fingerprint density at radius 3 is 2.86 bits per heavy atom. The van der Waals surface area contributed by atoms with Crippen molar-refractivity contribution in [3.05, 3.63) is 35.9 Å². The summed E-state index contributed by atoms with van der Waals surface area (Å²) in [6, 6.07) is 10.6. The van der Waals surface area contributed by atoms with E-state index in [9.17, 15) is 4.79 Å². The highest BCUT2D eigenvalue weighted by Crippen LogP contribution is 2.24. The largest absolute Gasteiger partial charge is 0.376 e. The predicted octanol–water partition coefficient (Wildman–Crippen LogP) is 2.75. The van der Waals surface area contributed by atoms with Gasteiger partial charge < -0.3 is 15.0 Å².